The van der Waals surface area contributed by atoms with Crippen molar-refractivity contribution >= 4 is 27.9 Å². The lowest BCUT2D eigenvalue weighted by atomic mass is 9.82. The van der Waals surface area contributed by atoms with Crippen LogP contribution in [0.15, 0.2) is 36.4 Å². The number of nitrogens with zero attached hydrogens (tertiary/aromatic N) is 1. The quantitative estimate of drug-likeness (QED) is 0.153. The Hall–Kier alpha value is -2.27. The zero-order valence-electron chi connectivity index (χ0n) is 21.3. The lowest BCUT2D eigenvalue weighted by molar-refractivity contribution is -0.141. The molecule has 0 aliphatic carbocycles. The zero-order chi connectivity index (χ0) is 26.4. The van der Waals surface area contributed by atoms with Crippen LogP contribution in [0.1, 0.15) is 58.9 Å². The maximum Gasteiger partial charge on any atom is 0.247 e. The van der Waals surface area contributed by atoms with Gasteiger partial charge in [-0.15, -0.1) is 4.41 Å². The standard InChI is InChI=1S/C25H42N4O5S/c1-19(2)17-23(22(25(31)28-32)14-10-13-21-11-6-5-7-12-21)24(30)27-29(18-20(3)4)35(33,34)16-9-8-15-26/h5-7,10-13,19-20,22-23,32H,8-9,14-18,26H2,1-4H3,(H,27,30)(H,28,31)/b13-10+/t22-,23+/m0/s1. The fourth-order valence-electron chi connectivity index (χ4n) is 3.72. The van der Waals surface area contributed by atoms with Crippen LogP contribution in [0.2, 0.25) is 0 Å². The number of hydrazine groups is 1. The third kappa shape index (κ3) is 11.3. The van der Waals surface area contributed by atoms with Crippen molar-refractivity contribution in [2.24, 2.45) is 29.4 Å². The van der Waals surface area contributed by atoms with Crippen molar-refractivity contribution in [3.8, 4) is 0 Å². The number of benzene rings is 1. The van der Waals surface area contributed by atoms with Gasteiger partial charge in [-0.2, -0.15) is 0 Å². The predicted octanol–water partition coefficient (Wildman–Crippen LogP) is 2.93. The van der Waals surface area contributed by atoms with Crippen molar-refractivity contribution in [3.63, 3.8) is 0 Å². The van der Waals surface area contributed by atoms with Gasteiger partial charge in [-0.25, -0.2) is 13.9 Å². The van der Waals surface area contributed by atoms with Crippen molar-refractivity contribution in [2.45, 2.75) is 53.4 Å². The van der Waals surface area contributed by atoms with E-state index in [0.717, 1.165) is 9.98 Å². The van der Waals surface area contributed by atoms with E-state index in [4.69, 9.17) is 5.73 Å². The van der Waals surface area contributed by atoms with E-state index >= 15 is 0 Å². The summed E-state index contributed by atoms with van der Waals surface area (Å²) in [6, 6.07) is 9.51. The first-order valence-corrected chi connectivity index (χ1v) is 13.8. The Kier molecular flexibility index (Phi) is 13.8. The fraction of sp³-hybridized carbons (Fsp3) is 0.600. The third-order valence-corrected chi connectivity index (χ3v) is 7.17. The smallest absolute Gasteiger partial charge is 0.247 e. The van der Waals surface area contributed by atoms with Crippen LogP contribution in [0.25, 0.3) is 6.08 Å². The summed E-state index contributed by atoms with van der Waals surface area (Å²) in [5.41, 5.74) is 10.7. The summed E-state index contributed by atoms with van der Waals surface area (Å²) in [7, 11) is -3.77. The molecule has 0 saturated heterocycles. The number of sulfonamides is 1. The normalized spacial score (nSPS) is 14.0. The van der Waals surface area contributed by atoms with Crippen LogP contribution in [0.5, 0.6) is 0 Å². The maximum atomic E-state index is 13.4. The summed E-state index contributed by atoms with van der Waals surface area (Å²) < 4.78 is 26.9. The fourth-order valence-corrected chi connectivity index (χ4v) is 5.26. The van der Waals surface area contributed by atoms with Crippen LogP contribution in [-0.4, -0.2) is 48.7 Å². The van der Waals surface area contributed by atoms with Gasteiger partial charge in [0.1, 0.15) is 0 Å². The maximum absolute atomic E-state index is 13.4. The number of carbonyl (C=O) groups is 2. The first-order valence-electron chi connectivity index (χ1n) is 12.2. The molecule has 1 aromatic rings. The van der Waals surface area contributed by atoms with Crippen LogP contribution in [0.4, 0.5) is 0 Å². The van der Waals surface area contributed by atoms with Gasteiger partial charge in [-0.3, -0.25) is 20.2 Å². The first-order chi connectivity index (χ1) is 16.5. The van der Waals surface area contributed by atoms with Crippen LogP contribution in [0.3, 0.4) is 0 Å². The van der Waals surface area contributed by atoms with E-state index in [9.17, 15) is 23.2 Å². The Morgan fingerprint density at radius 2 is 1.69 bits per heavy atom. The molecule has 1 aromatic carbocycles. The van der Waals surface area contributed by atoms with Crippen molar-refractivity contribution in [3.05, 3.63) is 42.0 Å². The lowest BCUT2D eigenvalue weighted by Crippen LogP contribution is -2.52. The van der Waals surface area contributed by atoms with Crippen molar-refractivity contribution in [1.29, 1.82) is 0 Å². The minimum Gasteiger partial charge on any atom is -0.330 e. The molecule has 0 saturated carbocycles. The van der Waals surface area contributed by atoms with E-state index < -0.39 is 33.7 Å². The monoisotopic (exact) mass is 510 g/mol. The van der Waals surface area contributed by atoms with Gasteiger partial charge in [-0.05, 0) is 49.6 Å². The van der Waals surface area contributed by atoms with E-state index in [1.807, 2.05) is 64.1 Å². The Morgan fingerprint density at radius 1 is 1.03 bits per heavy atom. The lowest BCUT2D eigenvalue weighted by Gasteiger charge is -2.30. The molecule has 0 unspecified atom stereocenters. The number of nitrogens with one attached hydrogen (secondary N) is 2. The highest BCUT2D eigenvalue weighted by Crippen LogP contribution is 2.26. The molecule has 0 spiro atoms. The van der Waals surface area contributed by atoms with Crippen LogP contribution < -0.4 is 16.6 Å². The second-order valence-electron chi connectivity index (χ2n) is 9.58. The number of amides is 2. The van der Waals surface area contributed by atoms with Gasteiger partial charge >= 0.3 is 0 Å². The van der Waals surface area contributed by atoms with Crippen molar-refractivity contribution in [1.82, 2.24) is 15.3 Å². The Labute approximate surface area is 210 Å². The van der Waals surface area contributed by atoms with Crippen LogP contribution in [-0.2, 0) is 19.6 Å². The molecule has 2 amide bonds. The first kappa shape index (κ1) is 30.8. The molecule has 10 heteroatoms. The summed E-state index contributed by atoms with van der Waals surface area (Å²) >= 11 is 0. The van der Waals surface area contributed by atoms with Gasteiger partial charge < -0.3 is 5.73 Å². The predicted molar refractivity (Wildman–Crippen MR) is 138 cm³/mol. The van der Waals surface area contributed by atoms with Crippen LogP contribution in [0, 0.1) is 23.7 Å². The third-order valence-electron chi connectivity index (χ3n) is 5.45. The molecule has 1 rings (SSSR count). The number of nitrogens with two attached hydrogens (primary N) is 1. The molecule has 2 atom stereocenters. The van der Waals surface area contributed by atoms with Gasteiger partial charge in [0.25, 0.3) is 0 Å². The minimum absolute atomic E-state index is 0.0338. The Balaban J connectivity index is 3.18. The largest absolute Gasteiger partial charge is 0.330 e. The molecule has 5 N–H and O–H groups in total. The number of rotatable bonds is 16. The van der Waals surface area contributed by atoms with E-state index in [0.29, 0.717) is 25.8 Å². The Bertz CT molecular complexity index is 904. The molecular weight excluding hydrogens is 468 g/mol. The van der Waals surface area contributed by atoms with Crippen molar-refractivity contribution in [2.75, 3.05) is 18.8 Å². The summed E-state index contributed by atoms with van der Waals surface area (Å²) in [6.45, 7) is 8.05. The topological polar surface area (TPSA) is 142 Å². The highest BCUT2D eigenvalue weighted by molar-refractivity contribution is 7.89. The van der Waals surface area contributed by atoms with Gasteiger partial charge in [-0.1, -0.05) is 70.2 Å². The SMILES string of the molecule is CC(C)C[C@@H](C(=O)NN(CC(C)C)S(=O)(=O)CCCCN)[C@H](C/C=C/c1ccccc1)C(=O)NO. The molecular formula is C25H42N4O5S. The summed E-state index contributed by atoms with van der Waals surface area (Å²) in [6.07, 6.45) is 5.11. The van der Waals surface area contributed by atoms with Gasteiger partial charge in [0, 0.05) is 6.54 Å². The molecule has 9 nitrogen and oxygen atoms in total. The van der Waals surface area contributed by atoms with E-state index in [1.165, 1.54) is 0 Å². The average molecular weight is 511 g/mol. The number of hydrogen-bond donors (Lipinski definition) is 4. The number of hydroxylamine groups is 1. The molecule has 0 fully saturated rings. The second-order valence-corrected chi connectivity index (χ2v) is 11.6. The van der Waals surface area contributed by atoms with E-state index in [1.54, 1.807) is 11.6 Å². The molecule has 0 aromatic heterocycles. The highest BCUT2D eigenvalue weighted by Gasteiger charge is 2.36. The number of carbonyl (C=O) groups excluding carboxylic acids is 2. The zero-order valence-corrected chi connectivity index (χ0v) is 22.1. The molecule has 198 valence electrons. The average Bonchev–Trinajstić information content (AvgIpc) is 2.80. The molecule has 0 aliphatic rings. The van der Waals surface area contributed by atoms with Crippen molar-refractivity contribution < 1.29 is 23.2 Å². The van der Waals surface area contributed by atoms with E-state index in [-0.39, 0.29) is 30.6 Å². The summed E-state index contributed by atoms with van der Waals surface area (Å²) in [5, 5.41) is 9.37. The Morgan fingerprint density at radius 3 is 2.23 bits per heavy atom. The second kappa shape index (κ2) is 15.7. The number of allylic oxidation sites excluding steroid dienone is 1. The summed E-state index contributed by atoms with van der Waals surface area (Å²) in [4.78, 5) is 26.0. The molecule has 0 radical (unpaired) electrons. The molecule has 0 aliphatic heterocycles. The van der Waals surface area contributed by atoms with Crippen LogP contribution >= 0.6 is 0 Å². The minimum atomic E-state index is -3.77. The van der Waals surface area contributed by atoms with Gasteiger partial charge in [0.2, 0.25) is 21.8 Å². The molecule has 0 bridgehead atoms. The number of unbranched alkanes of at least 4 members (excludes halogenated alkanes) is 1. The molecule has 35 heavy (non-hydrogen) atoms. The summed E-state index contributed by atoms with van der Waals surface area (Å²) in [5.74, 6) is -3.11. The van der Waals surface area contributed by atoms with Gasteiger partial charge in [0.05, 0.1) is 17.6 Å². The highest BCUT2D eigenvalue weighted by atomic mass is 32.2. The van der Waals surface area contributed by atoms with Gasteiger partial charge in [0.15, 0.2) is 0 Å². The molecule has 0 heterocycles. The number of hydrogen-bond acceptors (Lipinski definition) is 6. The van der Waals surface area contributed by atoms with E-state index in [2.05, 4.69) is 5.43 Å².